The van der Waals surface area contributed by atoms with E-state index in [2.05, 4.69) is 15.3 Å². The zero-order chi connectivity index (χ0) is 26.8. The Labute approximate surface area is 209 Å². The Kier molecular flexibility index (Phi) is 7.50. The van der Waals surface area contributed by atoms with Crippen molar-refractivity contribution in [2.45, 2.75) is 13.1 Å². The normalized spacial score (nSPS) is 11.1. The van der Waals surface area contributed by atoms with Gasteiger partial charge in [0.25, 0.3) is 5.56 Å². The van der Waals surface area contributed by atoms with E-state index in [1.54, 1.807) is 19.1 Å². The van der Waals surface area contributed by atoms with E-state index in [1.165, 1.54) is 0 Å². The molecule has 4 rings (SSSR count). The minimum Gasteiger partial charge on any atom is -0.378 e. The van der Waals surface area contributed by atoms with Gasteiger partial charge in [-0.15, -0.1) is 10.2 Å². The summed E-state index contributed by atoms with van der Waals surface area (Å²) in [5.74, 6) is 5.51. The summed E-state index contributed by atoms with van der Waals surface area (Å²) in [6.07, 6.45) is -3.78. The molecule has 2 aromatic heterocycles. The van der Waals surface area contributed by atoms with Gasteiger partial charge in [0.2, 0.25) is 5.82 Å². The summed E-state index contributed by atoms with van der Waals surface area (Å²) in [5.41, 5.74) is 4.43. The Hall–Kier alpha value is -4.17. The number of benzene rings is 2. The van der Waals surface area contributed by atoms with Gasteiger partial charge in [0, 0.05) is 5.56 Å². The molecule has 4 N–H and O–H groups in total. The van der Waals surface area contributed by atoms with Crippen LogP contribution in [0.15, 0.2) is 53.5 Å². The first kappa shape index (κ1) is 26.4. The number of alkyl halides is 3. The summed E-state index contributed by atoms with van der Waals surface area (Å²) < 4.78 is 39.7. The third-order valence-corrected chi connectivity index (χ3v) is 5.23. The van der Waals surface area contributed by atoms with Gasteiger partial charge in [0.1, 0.15) is 11.9 Å². The third-order valence-electron chi connectivity index (χ3n) is 4.65. The van der Waals surface area contributed by atoms with Gasteiger partial charge in [-0.05, 0) is 19.1 Å². The molecule has 0 saturated heterocycles. The van der Waals surface area contributed by atoms with Crippen LogP contribution < -0.4 is 17.1 Å². The fourth-order valence-corrected chi connectivity index (χ4v) is 3.50. The van der Waals surface area contributed by atoms with Crippen LogP contribution in [0.5, 0.6) is 0 Å². The van der Waals surface area contributed by atoms with Gasteiger partial charge in [-0.1, -0.05) is 53.5 Å². The number of hydrogen-bond donors (Lipinski definition) is 2. The van der Waals surface area contributed by atoms with Crippen molar-refractivity contribution in [1.82, 2.24) is 24.7 Å². The van der Waals surface area contributed by atoms with E-state index in [-0.39, 0.29) is 27.0 Å². The molecule has 0 radical (unpaired) electrons. The lowest BCUT2D eigenvalue weighted by Crippen LogP contribution is -2.32. The Bertz CT molecular complexity index is 1470. The molecule has 0 aliphatic heterocycles. The molecule has 2 heterocycles. The van der Waals surface area contributed by atoms with Gasteiger partial charge in [0.15, 0.2) is 11.5 Å². The van der Waals surface area contributed by atoms with Crippen LogP contribution in [0.1, 0.15) is 11.4 Å². The second-order valence-electron chi connectivity index (χ2n) is 7.01. The zero-order valence-corrected chi connectivity index (χ0v) is 19.6. The number of anilines is 1. The third kappa shape index (κ3) is 5.39. The summed E-state index contributed by atoms with van der Waals surface area (Å²) in [7, 11) is 0. The van der Waals surface area contributed by atoms with Crippen LogP contribution in [0.3, 0.4) is 0 Å². The molecule has 0 unspecified atom stereocenters. The highest BCUT2D eigenvalue weighted by molar-refractivity contribution is 6.38. The fraction of sp³-hybridized carbons (Fsp3) is 0.100. The summed E-state index contributed by atoms with van der Waals surface area (Å²) in [5, 5.41) is 21.2. The number of aromatic nitrogens is 5. The highest BCUT2D eigenvalue weighted by Crippen LogP contribution is 2.38. The maximum absolute atomic E-state index is 12.6. The molecule has 0 atom stereocenters. The number of hydrogen-bond acceptors (Lipinski definition) is 8. The standard InChI is InChI=1S/C10H5Cl2F3N4O2.C10H10N4O/c11-5-1-4(10(13,14)15)2-6(12)8(5)18-9(16)7(3-17-18)19(20)21;1-7-12-13-9(10(15)14(7)11)8-5-3-2-4-6-8/h1-3H,16H2;2-6H,11H2,1H3. The van der Waals surface area contributed by atoms with Gasteiger partial charge < -0.3 is 11.6 Å². The lowest BCUT2D eigenvalue weighted by atomic mass is 10.2. The summed E-state index contributed by atoms with van der Waals surface area (Å²) in [6, 6.07) is 10.4. The van der Waals surface area contributed by atoms with Crippen LogP contribution in [-0.2, 0) is 6.18 Å². The molecule has 0 amide bonds. The second-order valence-corrected chi connectivity index (χ2v) is 7.82. The highest BCUT2D eigenvalue weighted by Gasteiger charge is 2.33. The Morgan fingerprint density at radius 2 is 1.67 bits per heavy atom. The molecule has 0 saturated carbocycles. The lowest BCUT2D eigenvalue weighted by molar-refractivity contribution is -0.383. The average Bonchev–Trinajstić information content (AvgIpc) is 3.19. The summed E-state index contributed by atoms with van der Waals surface area (Å²) >= 11 is 11.5. The van der Waals surface area contributed by atoms with E-state index in [1.807, 2.05) is 18.2 Å². The lowest BCUT2D eigenvalue weighted by Gasteiger charge is -2.12. The van der Waals surface area contributed by atoms with Crippen LogP contribution >= 0.6 is 23.2 Å². The first-order valence-corrected chi connectivity index (χ1v) is 10.4. The smallest absolute Gasteiger partial charge is 0.378 e. The maximum atomic E-state index is 12.6. The van der Waals surface area contributed by atoms with E-state index < -0.39 is 28.2 Å². The Morgan fingerprint density at radius 3 is 2.17 bits per heavy atom. The molecule has 4 aromatic rings. The molecule has 11 nitrogen and oxygen atoms in total. The topological polar surface area (TPSA) is 161 Å². The van der Waals surface area contributed by atoms with E-state index in [9.17, 15) is 28.1 Å². The first-order valence-electron chi connectivity index (χ1n) is 9.64. The maximum Gasteiger partial charge on any atom is 0.416 e. The number of nitrogens with two attached hydrogens (primary N) is 2. The highest BCUT2D eigenvalue weighted by atomic mass is 35.5. The second kappa shape index (κ2) is 10.2. The van der Waals surface area contributed by atoms with Crippen LogP contribution in [0.2, 0.25) is 10.0 Å². The number of halogens is 5. The van der Waals surface area contributed by atoms with Crippen molar-refractivity contribution in [1.29, 1.82) is 0 Å². The minimum atomic E-state index is -4.63. The monoisotopic (exact) mass is 542 g/mol. The quantitative estimate of drug-likeness (QED) is 0.223. The van der Waals surface area contributed by atoms with Gasteiger partial charge >= 0.3 is 11.9 Å². The predicted octanol–water partition coefficient (Wildman–Crippen LogP) is 4.02. The van der Waals surface area contributed by atoms with Crippen molar-refractivity contribution < 1.29 is 18.1 Å². The molecule has 0 fully saturated rings. The number of rotatable bonds is 3. The number of nitrogens with zero attached hydrogens (tertiary/aromatic N) is 6. The molecule has 2 aromatic carbocycles. The molecule has 188 valence electrons. The molecular formula is C20H15Cl2F3N8O3. The molecule has 0 bridgehead atoms. The Morgan fingerprint density at radius 1 is 1.08 bits per heavy atom. The van der Waals surface area contributed by atoms with E-state index in [0.717, 1.165) is 15.6 Å². The summed E-state index contributed by atoms with van der Waals surface area (Å²) in [6.45, 7) is 1.63. The number of aryl methyl sites for hydroxylation is 1. The van der Waals surface area contributed by atoms with Crippen molar-refractivity contribution in [3.05, 3.63) is 90.6 Å². The van der Waals surface area contributed by atoms with E-state index in [0.29, 0.717) is 23.5 Å². The van der Waals surface area contributed by atoms with Gasteiger partial charge in [-0.3, -0.25) is 14.9 Å². The molecule has 0 aliphatic rings. The average molecular weight is 543 g/mol. The molecule has 0 aliphatic carbocycles. The predicted molar refractivity (Wildman–Crippen MR) is 126 cm³/mol. The minimum absolute atomic E-state index is 0.170. The van der Waals surface area contributed by atoms with Gasteiger partial charge in [0.05, 0.1) is 20.5 Å². The SMILES string of the molecule is Cc1nnc(-c2ccccc2)c(=O)n1N.Nc1c([N+](=O)[O-])cnn1-c1c(Cl)cc(C(F)(F)F)cc1Cl. The van der Waals surface area contributed by atoms with E-state index >= 15 is 0 Å². The Balaban J connectivity index is 0.000000212. The van der Waals surface area contributed by atoms with Crippen molar-refractivity contribution in [3.63, 3.8) is 0 Å². The van der Waals surface area contributed by atoms with Crippen molar-refractivity contribution >= 4 is 34.7 Å². The molecule has 0 spiro atoms. The van der Waals surface area contributed by atoms with Crippen molar-refractivity contribution in [2.24, 2.45) is 0 Å². The van der Waals surface area contributed by atoms with Crippen LogP contribution in [0.25, 0.3) is 16.9 Å². The largest absolute Gasteiger partial charge is 0.416 e. The fourth-order valence-electron chi connectivity index (χ4n) is 2.85. The number of nitrogen functional groups attached to an aromatic ring is 2. The van der Waals surface area contributed by atoms with Gasteiger partial charge in [-0.25, -0.2) is 9.36 Å². The summed E-state index contributed by atoms with van der Waals surface area (Å²) in [4.78, 5) is 21.6. The van der Waals surface area contributed by atoms with Crippen LogP contribution in [0, 0.1) is 17.0 Å². The zero-order valence-electron chi connectivity index (χ0n) is 18.1. The van der Waals surface area contributed by atoms with Crippen LogP contribution in [0.4, 0.5) is 24.7 Å². The molecule has 36 heavy (non-hydrogen) atoms. The number of nitro groups is 1. The van der Waals surface area contributed by atoms with Crippen molar-refractivity contribution in [3.8, 4) is 16.9 Å². The first-order chi connectivity index (χ1) is 16.8. The van der Waals surface area contributed by atoms with Crippen molar-refractivity contribution in [2.75, 3.05) is 11.6 Å². The van der Waals surface area contributed by atoms with Gasteiger partial charge in [-0.2, -0.15) is 18.3 Å². The molecule has 16 heteroatoms. The van der Waals surface area contributed by atoms with E-state index in [4.69, 9.17) is 34.8 Å². The molecular weight excluding hydrogens is 528 g/mol. The van der Waals surface area contributed by atoms with Crippen LogP contribution in [-0.4, -0.2) is 29.6 Å².